The molecule has 0 aromatic carbocycles. The van der Waals surface area contributed by atoms with Crippen molar-refractivity contribution in [3.8, 4) is 0 Å². The molecule has 1 rings (SSSR count). The van der Waals surface area contributed by atoms with Crippen molar-refractivity contribution in [1.29, 1.82) is 0 Å². The fraction of sp³-hybridized carbons (Fsp3) is 0.500. The molecule has 0 spiro atoms. The second-order valence-electron chi connectivity index (χ2n) is 3.08. The Morgan fingerprint density at radius 2 is 2.31 bits per heavy atom. The molecule has 0 fully saturated rings. The van der Waals surface area contributed by atoms with Crippen molar-refractivity contribution in [3.05, 3.63) is 22.6 Å². The molecule has 0 aliphatic heterocycles. The molecule has 1 aromatic heterocycles. The van der Waals surface area contributed by atoms with Crippen molar-refractivity contribution in [1.82, 2.24) is 4.90 Å². The number of carbonyl (C=O) groups is 1. The number of rotatable bonds is 6. The number of halogens is 2. The second-order valence-corrected chi connectivity index (χ2v) is 4.24. The molecule has 0 saturated heterocycles. The first-order valence-electron chi connectivity index (χ1n) is 4.78. The highest BCUT2D eigenvalue weighted by Crippen LogP contribution is 2.15. The van der Waals surface area contributed by atoms with E-state index in [1.165, 1.54) is 0 Å². The number of hydrogen-bond acceptors (Lipinski definition) is 3. The summed E-state index contributed by atoms with van der Waals surface area (Å²) in [5.74, 6) is 0.508. The summed E-state index contributed by atoms with van der Waals surface area (Å²) in [7, 11) is 1.59. The third-order valence-electron chi connectivity index (χ3n) is 1.99. The van der Waals surface area contributed by atoms with Gasteiger partial charge in [-0.1, -0.05) is 0 Å². The Morgan fingerprint density at radius 1 is 1.56 bits per heavy atom. The standard InChI is InChI=1S/C10H13BrClNO3/c1-15-7-6-13(5-4-12)10(14)8-2-3-9(11)16-8/h2-3H,4-7H2,1H3. The number of nitrogens with zero attached hydrogens (tertiary/aromatic N) is 1. The fourth-order valence-electron chi connectivity index (χ4n) is 1.20. The topological polar surface area (TPSA) is 42.7 Å². The summed E-state index contributed by atoms with van der Waals surface area (Å²) in [4.78, 5) is 13.6. The summed E-state index contributed by atoms with van der Waals surface area (Å²) >= 11 is 8.79. The first-order chi connectivity index (χ1) is 7.69. The van der Waals surface area contributed by atoms with Crippen molar-refractivity contribution in [2.45, 2.75) is 0 Å². The molecule has 0 aliphatic carbocycles. The molecular formula is C10H13BrClNO3. The minimum absolute atomic E-state index is 0.177. The molecule has 1 heterocycles. The lowest BCUT2D eigenvalue weighted by Gasteiger charge is -2.19. The van der Waals surface area contributed by atoms with Gasteiger partial charge in [0.25, 0.3) is 5.91 Å². The molecule has 4 nitrogen and oxygen atoms in total. The van der Waals surface area contributed by atoms with E-state index in [9.17, 15) is 4.79 Å². The molecule has 0 N–H and O–H groups in total. The zero-order chi connectivity index (χ0) is 12.0. The first-order valence-corrected chi connectivity index (χ1v) is 6.11. The zero-order valence-electron chi connectivity index (χ0n) is 8.91. The van der Waals surface area contributed by atoms with Crippen molar-refractivity contribution in [2.24, 2.45) is 0 Å². The number of hydrogen-bond donors (Lipinski definition) is 0. The maximum Gasteiger partial charge on any atom is 0.289 e. The summed E-state index contributed by atoms with van der Waals surface area (Å²) in [6.45, 7) is 1.45. The van der Waals surface area contributed by atoms with Crippen LogP contribution in [-0.2, 0) is 4.74 Å². The molecule has 90 valence electrons. The lowest BCUT2D eigenvalue weighted by molar-refractivity contribution is 0.0675. The summed E-state index contributed by atoms with van der Waals surface area (Å²) in [6, 6.07) is 3.31. The van der Waals surface area contributed by atoms with Crippen molar-refractivity contribution in [2.75, 3.05) is 32.7 Å². The molecule has 0 unspecified atom stereocenters. The van der Waals surface area contributed by atoms with Crippen LogP contribution in [0.3, 0.4) is 0 Å². The number of methoxy groups -OCH3 is 1. The quantitative estimate of drug-likeness (QED) is 0.758. The van der Waals surface area contributed by atoms with E-state index in [1.807, 2.05) is 0 Å². The number of furan rings is 1. The third kappa shape index (κ3) is 3.81. The maximum absolute atomic E-state index is 12.0. The van der Waals surface area contributed by atoms with Crippen LogP contribution in [0.1, 0.15) is 10.6 Å². The van der Waals surface area contributed by atoms with E-state index < -0.39 is 0 Å². The normalized spacial score (nSPS) is 10.4. The summed E-state index contributed by atoms with van der Waals surface area (Å²) in [6.07, 6.45) is 0. The molecule has 0 bridgehead atoms. The Kier molecular flexibility index (Phi) is 5.87. The van der Waals surface area contributed by atoms with Gasteiger partial charge >= 0.3 is 0 Å². The first kappa shape index (κ1) is 13.5. The summed E-state index contributed by atoms with van der Waals surface area (Å²) in [5, 5.41) is 0. The van der Waals surface area contributed by atoms with Gasteiger partial charge in [0.15, 0.2) is 10.4 Å². The van der Waals surface area contributed by atoms with Gasteiger partial charge in [-0.3, -0.25) is 4.79 Å². The van der Waals surface area contributed by atoms with Crippen LogP contribution in [0.15, 0.2) is 21.2 Å². The van der Waals surface area contributed by atoms with E-state index in [1.54, 1.807) is 24.1 Å². The summed E-state index contributed by atoms with van der Waals surface area (Å²) in [5.41, 5.74) is 0. The molecule has 0 saturated carbocycles. The zero-order valence-corrected chi connectivity index (χ0v) is 11.3. The maximum atomic E-state index is 12.0. The average Bonchev–Trinajstić information content (AvgIpc) is 2.70. The van der Waals surface area contributed by atoms with E-state index in [0.29, 0.717) is 36.0 Å². The van der Waals surface area contributed by atoms with Crippen molar-refractivity contribution >= 4 is 33.4 Å². The third-order valence-corrected chi connectivity index (χ3v) is 2.59. The molecule has 0 aliphatic rings. The van der Waals surface area contributed by atoms with Crippen LogP contribution >= 0.6 is 27.5 Å². The average molecular weight is 311 g/mol. The fourth-order valence-corrected chi connectivity index (χ4v) is 1.71. The number of ether oxygens (including phenoxy) is 1. The van der Waals surface area contributed by atoms with Gasteiger partial charge in [0.1, 0.15) is 0 Å². The Labute approximate surface area is 108 Å². The van der Waals surface area contributed by atoms with Crippen molar-refractivity contribution < 1.29 is 13.9 Å². The molecule has 6 heteroatoms. The SMILES string of the molecule is COCCN(CCCl)C(=O)c1ccc(Br)o1. The minimum atomic E-state index is -0.177. The molecular weight excluding hydrogens is 297 g/mol. The number of alkyl halides is 1. The molecule has 1 amide bonds. The predicted molar refractivity (Wildman–Crippen MR) is 64.9 cm³/mol. The van der Waals surface area contributed by atoms with E-state index in [0.717, 1.165) is 0 Å². The number of carbonyl (C=O) groups excluding carboxylic acids is 1. The summed E-state index contributed by atoms with van der Waals surface area (Å²) < 4.78 is 10.7. The van der Waals surface area contributed by atoms with E-state index in [4.69, 9.17) is 20.8 Å². The van der Waals surface area contributed by atoms with Crippen LogP contribution in [0.5, 0.6) is 0 Å². The molecule has 1 aromatic rings. The second kappa shape index (κ2) is 6.93. The van der Waals surface area contributed by atoms with Gasteiger partial charge in [-0.05, 0) is 28.1 Å². The molecule has 0 atom stereocenters. The van der Waals surface area contributed by atoms with Gasteiger partial charge in [-0.15, -0.1) is 11.6 Å². The Bertz CT molecular complexity index is 343. The molecule has 16 heavy (non-hydrogen) atoms. The van der Waals surface area contributed by atoms with Gasteiger partial charge in [0, 0.05) is 26.1 Å². The largest absolute Gasteiger partial charge is 0.444 e. The van der Waals surface area contributed by atoms with E-state index >= 15 is 0 Å². The van der Waals surface area contributed by atoms with Gasteiger partial charge in [0.05, 0.1) is 6.61 Å². The van der Waals surface area contributed by atoms with Crippen LogP contribution in [0.25, 0.3) is 0 Å². The van der Waals surface area contributed by atoms with Crippen LogP contribution in [-0.4, -0.2) is 43.5 Å². The monoisotopic (exact) mass is 309 g/mol. The minimum Gasteiger partial charge on any atom is -0.444 e. The highest BCUT2D eigenvalue weighted by atomic mass is 79.9. The highest BCUT2D eigenvalue weighted by molar-refractivity contribution is 9.10. The van der Waals surface area contributed by atoms with Gasteiger partial charge in [-0.25, -0.2) is 0 Å². The Balaban J connectivity index is 2.66. The van der Waals surface area contributed by atoms with Gasteiger partial charge in [0.2, 0.25) is 0 Å². The van der Waals surface area contributed by atoms with Crippen LogP contribution < -0.4 is 0 Å². The van der Waals surface area contributed by atoms with Crippen LogP contribution in [0, 0.1) is 0 Å². The van der Waals surface area contributed by atoms with Crippen LogP contribution in [0.2, 0.25) is 0 Å². The van der Waals surface area contributed by atoms with Gasteiger partial charge in [-0.2, -0.15) is 0 Å². The van der Waals surface area contributed by atoms with Crippen molar-refractivity contribution in [3.63, 3.8) is 0 Å². The van der Waals surface area contributed by atoms with Crippen LogP contribution in [0.4, 0.5) is 0 Å². The van der Waals surface area contributed by atoms with E-state index in [2.05, 4.69) is 15.9 Å². The molecule has 0 radical (unpaired) electrons. The van der Waals surface area contributed by atoms with E-state index in [-0.39, 0.29) is 5.91 Å². The lowest BCUT2D eigenvalue weighted by Crippen LogP contribution is -2.35. The predicted octanol–water partition coefficient (Wildman–Crippen LogP) is 2.37. The Morgan fingerprint density at radius 3 is 2.81 bits per heavy atom. The number of amides is 1. The smallest absolute Gasteiger partial charge is 0.289 e. The lowest BCUT2D eigenvalue weighted by atomic mass is 10.3. The highest BCUT2D eigenvalue weighted by Gasteiger charge is 2.18. The Hall–Kier alpha value is -0.520. The van der Waals surface area contributed by atoms with Gasteiger partial charge < -0.3 is 14.1 Å².